The lowest BCUT2D eigenvalue weighted by atomic mass is 10.0. The number of carbonyl (C=O) groups excluding carboxylic acids is 2. The van der Waals surface area contributed by atoms with Gasteiger partial charge in [0.15, 0.2) is 5.76 Å². The zero-order valence-corrected chi connectivity index (χ0v) is 22.2. The lowest BCUT2D eigenvalue weighted by Crippen LogP contribution is -2.13. The molecule has 4 aromatic rings. The van der Waals surface area contributed by atoms with E-state index < -0.39 is 17.9 Å². The summed E-state index contributed by atoms with van der Waals surface area (Å²) in [5.74, 6) is -0.696. The number of rotatable bonds is 10. The summed E-state index contributed by atoms with van der Waals surface area (Å²) in [6.07, 6.45) is -0.571. The molecule has 196 valence electrons. The van der Waals surface area contributed by atoms with Crippen molar-refractivity contribution in [2.75, 3.05) is 6.61 Å². The molecule has 38 heavy (non-hydrogen) atoms. The lowest BCUT2D eigenvalue weighted by Gasteiger charge is -2.14. The van der Waals surface area contributed by atoms with Crippen molar-refractivity contribution in [3.05, 3.63) is 101 Å². The van der Waals surface area contributed by atoms with Crippen LogP contribution in [0.5, 0.6) is 0 Å². The van der Waals surface area contributed by atoms with Crippen LogP contribution < -0.4 is 0 Å². The molecule has 0 saturated carbocycles. The molecule has 1 heterocycles. The van der Waals surface area contributed by atoms with E-state index in [-0.39, 0.29) is 18.8 Å². The van der Waals surface area contributed by atoms with Gasteiger partial charge < -0.3 is 14.0 Å². The van der Waals surface area contributed by atoms with E-state index in [0.717, 1.165) is 20.9 Å². The standard InChI is InChI=1S/C30H28FNO5S/c1-4-35-28(33)17-22-9-5-8-12-27(22)38-23-15-13-21(14-16-23)30-25(19(2)32-37-30)18-29(34)36-20(3)24-10-6-7-11-26(24)31/h5-16,20H,4,17-18H2,1-3H3/t20-/m1/s1. The molecule has 4 rings (SSSR count). The highest BCUT2D eigenvalue weighted by Gasteiger charge is 2.21. The van der Waals surface area contributed by atoms with Crippen molar-refractivity contribution in [2.24, 2.45) is 0 Å². The van der Waals surface area contributed by atoms with Gasteiger partial charge in [-0.1, -0.05) is 53.3 Å². The quantitative estimate of drug-likeness (QED) is 0.205. The van der Waals surface area contributed by atoms with Crippen LogP contribution in [0.3, 0.4) is 0 Å². The van der Waals surface area contributed by atoms with Crippen LogP contribution in [0.25, 0.3) is 11.3 Å². The van der Waals surface area contributed by atoms with Crippen molar-refractivity contribution in [1.29, 1.82) is 0 Å². The number of carbonyl (C=O) groups is 2. The number of esters is 2. The van der Waals surface area contributed by atoms with Crippen LogP contribution in [0.1, 0.15) is 42.3 Å². The largest absolute Gasteiger partial charge is 0.466 e. The van der Waals surface area contributed by atoms with E-state index in [1.54, 1.807) is 50.7 Å². The van der Waals surface area contributed by atoms with Crippen molar-refractivity contribution in [3.63, 3.8) is 0 Å². The van der Waals surface area contributed by atoms with Gasteiger partial charge in [-0.3, -0.25) is 9.59 Å². The number of aromatic nitrogens is 1. The minimum Gasteiger partial charge on any atom is -0.466 e. The number of hydrogen-bond acceptors (Lipinski definition) is 7. The second kappa shape index (κ2) is 12.6. The molecule has 0 aliphatic heterocycles. The molecular weight excluding hydrogens is 505 g/mol. The molecule has 3 aromatic carbocycles. The summed E-state index contributed by atoms with van der Waals surface area (Å²) in [4.78, 5) is 26.6. The van der Waals surface area contributed by atoms with Crippen LogP contribution in [-0.4, -0.2) is 23.7 Å². The van der Waals surface area contributed by atoms with Gasteiger partial charge in [-0.2, -0.15) is 0 Å². The normalized spacial score (nSPS) is 11.7. The van der Waals surface area contributed by atoms with E-state index in [1.165, 1.54) is 6.07 Å². The Labute approximate surface area is 225 Å². The Hall–Kier alpha value is -3.91. The van der Waals surface area contributed by atoms with Gasteiger partial charge in [-0.25, -0.2) is 4.39 Å². The zero-order valence-electron chi connectivity index (χ0n) is 21.4. The Morgan fingerprint density at radius 1 is 0.974 bits per heavy atom. The summed E-state index contributed by atoms with van der Waals surface area (Å²) in [7, 11) is 0. The maximum atomic E-state index is 14.1. The second-order valence-corrected chi connectivity index (χ2v) is 9.74. The van der Waals surface area contributed by atoms with Crippen LogP contribution in [0.2, 0.25) is 0 Å². The molecule has 0 fully saturated rings. The maximum Gasteiger partial charge on any atom is 0.311 e. The van der Waals surface area contributed by atoms with E-state index in [2.05, 4.69) is 5.16 Å². The van der Waals surface area contributed by atoms with Crippen molar-refractivity contribution < 1.29 is 28.0 Å². The zero-order chi connectivity index (χ0) is 27.1. The highest BCUT2D eigenvalue weighted by atomic mass is 32.2. The van der Waals surface area contributed by atoms with Gasteiger partial charge in [0.25, 0.3) is 0 Å². The summed E-state index contributed by atoms with van der Waals surface area (Å²) in [6, 6.07) is 21.6. The Morgan fingerprint density at radius 2 is 1.68 bits per heavy atom. The first-order valence-electron chi connectivity index (χ1n) is 12.3. The molecule has 0 radical (unpaired) electrons. The first-order chi connectivity index (χ1) is 18.4. The van der Waals surface area contributed by atoms with Gasteiger partial charge in [0.2, 0.25) is 0 Å². The molecule has 1 atom stereocenters. The summed E-state index contributed by atoms with van der Waals surface area (Å²) in [5, 5.41) is 4.05. The van der Waals surface area contributed by atoms with E-state index >= 15 is 0 Å². The fourth-order valence-corrected chi connectivity index (χ4v) is 4.94. The summed E-state index contributed by atoms with van der Waals surface area (Å²) in [5.41, 5.74) is 3.19. The van der Waals surface area contributed by atoms with Crippen molar-refractivity contribution in [3.8, 4) is 11.3 Å². The molecular formula is C30H28FNO5S. The number of benzene rings is 3. The second-order valence-electron chi connectivity index (χ2n) is 8.62. The van der Waals surface area contributed by atoms with Crippen molar-refractivity contribution in [1.82, 2.24) is 5.16 Å². The Bertz CT molecular complexity index is 1420. The summed E-state index contributed by atoms with van der Waals surface area (Å²) >= 11 is 1.55. The summed E-state index contributed by atoms with van der Waals surface area (Å²) in [6.45, 7) is 5.54. The first-order valence-corrected chi connectivity index (χ1v) is 13.1. The molecule has 8 heteroatoms. The average molecular weight is 534 g/mol. The molecule has 1 aromatic heterocycles. The highest BCUT2D eigenvalue weighted by Crippen LogP contribution is 2.34. The molecule has 0 aliphatic carbocycles. The predicted octanol–water partition coefficient (Wildman–Crippen LogP) is 6.89. The topological polar surface area (TPSA) is 78.6 Å². The Morgan fingerprint density at radius 3 is 2.42 bits per heavy atom. The molecule has 0 saturated heterocycles. The van der Waals surface area contributed by atoms with Gasteiger partial charge >= 0.3 is 11.9 Å². The number of halogens is 1. The van der Waals surface area contributed by atoms with E-state index in [0.29, 0.717) is 29.2 Å². The maximum absolute atomic E-state index is 14.1. The monoisotopic (exact) mass is 533 g/mol. The third-order valence-corrected chi connectivity index (χ3v) is 7.04. The van der Waals surface area contributed by atoms with Gasteiger partial charge in [0, 0.05) is 26.5 Å². The lowest BCUT2D eigenvalue weighted by molar-refractivity contribution is -0.148. The predicted molar refractivity (Wildman–Crippen MR) is 142 cm³/mol. The van der Waals surface area contributed by atoms with Crippen molar-refractivity contribution >= 4 is 23.7 Å². The Balaban J connectivity index is 1.46. The number of ether oxygens (including phenoxy) is 2. The van der Waals surface area contributed by atoms with E-state index in [9.17, 15) is 14.0 Å². The molecule has 6 nitrogen and oxygen atoms in total. The minimum absolute atomic E-state index is 0.0544. The van der Waals surface area contributed by atoms with E-state index in [4.69, 9.17) is 14.0 Å². The van der Waals surface area contributed by atoms with Crippen LogP contribution in [0.4, 0.5) is 4.39 Å². The van der Waals surface area contributed by atoms with Crippen molar-refractivity contribution in [2.45, 2.75) is 49.5 Å². The van der Waals surface area contributed by atoms with Gasteiger partial charge in [-0.15, -0.1) is 0 Å². The molecule has 0 spiro atoms. The molecule has 0 N–H and O–H groups in total. The minimum atomic E-state index is -0.727. The van der Waals surface area contributed by atoms with Crippen LogP contribution in [0, 0.1) is 12.7 Å². The SMILES string of the molecule is CCOC(=O)Cc1ccccc1Sc1ccc(-c2onc(C)c2CC(=O)O[C@H](C)c2ccccc2F)cc1. The molecule has 0 unspecified atom stereocenters. The Kier molecular flexibility index (Phi) is 8.97. The van der Waals surface area contributed by atoms with Crippen LogP contribution in [0.15, 0.2) is 87.1 Å². The molecule has 0 bridgehead atoms. The van der Waals surface area contributed by atoms with Crippen LogP contribution in [-0.2, 0) is 31.9 Å². The van der Waals surface area contributed by atoms with Gasteiger partial charge in [0.05, 0.1) is 25.1 Å². The molecule has 0 amide bonds. The van der Waals surface area contributed by atoms with Gasteiger partial charge in [0.1, 0.15) is 11.9 Å². The third kappa shape index (κ3) is 6.69. The van der Waals surface area contributed by atoms with E-state index in [1.807, 2.05) is 48.5 Å². The van der Waals surface area contributed by atoms with Crippen LogP contribution >= 0.6 is 11.8 Å². The summed E-state index contributed by atoms with van der Waals surface area (Å²) < 4.78 is 30.2. The fraction of sp³-hybridized carbons (Fsp3) is 0.233. The fourth-order valence-electron chi connectivity index (χ4n) is 3.99. The highest BCUT2D eigenvalue weighted by molar-refractivity contribution is 7.99. The molecule has 0 aliphatic rings. The third-order valence-electron chi connectivity index (χ3n) is 5.91. The smallest absolute Gasteiger partial charge is 0.311 e. The number of nitrogens with zero attached hydrogens (tertiary/aromatic N) is 1. The first kappa shape index (κ1) is 27.1. The van der Waals surface area contributed by atoms with Gasteiger partial charge in [-0.05, 0) is 62.7 Å². The number of hydrogen-bond donors (Lipinski definition) is 0. The number of aryl methyl sites for hydroxylation is 1. The average Bonchev–Trinajstić information content (AvgIpc) is 3.25.